The Morgan fingerprint density at radius 1 is 1.29 bits per heavy atom. The Bertz CT molecular complexity index is 76.7. The van der Waals surface area contributed by atoms with Crippen LogP contribution in [-0.2, 0) is 0 Å². The van der Waals surface area contributed by atoms with Gasteiger partial charge in [0.05, 0.1) is 0 Å². The molecule has 0 unspecified atom stereocenters. The summed E-state index contributed by atoms with van der Waals surface area (Å²) in [5, 5.41) is 0. The quantitative estimate of drug-likeness (QED) is 0.576. The van der Waals surface area contributed by atoms with Gasteiger partial charge in [-0.1, -0.05) is 0 Å². The van der Waals surface area contributed by atoms with Crippen LogP contribution in [0.5, 0.6) is 0 Å². The summed E-state index contributed by atoms with van der Waals surface area (Å²) in [4.78, 5) is 7.12. The summed E-state index contributed by atoms with van der Waals surface area (Å²) < 4.78 is 1.45. The molecule has 0 rings (SSSR count). The molecule has 0 bridgehead atoms. The molecule has 0 aliphatic carbocycles. The molecular formula is C6H14Sn. The van der Waals surface area contributed by atoms with Gasteiger partial charge in [-0.3, -0.25) is 0 Å². The minimum atomic E-state index is -1.56. The summed E-state index contributed by atoms with van der Waals surface area (Å²) in [6.07, 6.45) is 0. The topological polar surface area (TPSA) is 0 Å². The fourth-order valence-corrected chi connectivity index (χ4v) is 0. The van der Waals surface area contributed by atoms with Crippen molar-refractivity contribution in [1.29, 1.82) is 0 Å². The molecule has 0 heterocycles. The van der Waals surface area contributed by atoms with Crippen molar-refractivity contribution in [1.82, 2.24) is 0 Å². The normalized spacial score (nSPS) is 11.4. The zero-order chi connectivity index (χ0) is 6.08. The van der Waals surface area contributed by atoms with E-state index in [0.29, 0.717) is 0 Å². The van der Waals surface area contributed by atoms with E-state index in [2.05, 4.69) is 28.3 Å². The third-order valence-electron chi connectivity index (χ3n) is 1.28. The first-order valence-electron chi connectivity index (χ1n) is 2.60. The van der Waals surface area contributed by atoms with Crippen LogP contribution in [0.2, 0.25) is 14.8 Å². The Kier molecular flexibility index (Phi) is 2.37. The Morgan fingerprint density at radius 3 is 1.43 bits per heavy atom. The molecule has 0 saturated carbocycles. The second-order valence-corrected chi connectivity index (χ2v) is 18.3. The fourth-order valence-electron chi connectivity index (χ4n) is 0. The first-order valence-corrected chi connectivity index (χ1v) is 12.6. The molecule has 0 radical (unpaired) electrons. The number of allylic oxidation sites excluding steroid dienone is 1. The van der Waals surface area contributed by atoms with Gasteiger partial charge < -0.3 is 0 Å². The van der Waals surface area contributed by atoms with Crippen LogP contribution in [0.15, 0.2) is 10.2 Å². The van der Waals surface area contributed by atoms with Gasteiger partial charge in [0.2, 0.25) is 0 Å². The van der Waals surface area contributed by atoms with E-state index >= 15 is 0 Å². The van der Waals surface area contributed by atoms with Crippen molar-refractivity contribution in [2.45, 2.75) is 21.7 Å². The number of hydrogen-bond donors (Lipinski definition) is 0. The van der Waals surface area contributed by atoms with Crippen LogP contribution in [0.1, 0.15) is 6.92 Å². The fraction of sp³-hybridized carbons (Fsp3) is 0.667. The molecule has 0 aliphatic heterocycles. The molecule has 0 N–H and O–H groups in total. The summed E-state index contributed by atoms with van der Waals surface area (Å²) in [6, 6.07) is 0. The molecule has 0 aromatic carbocycles. The van der Waals surface area contributed by atoms with Gasteiger partial charge in [0, 0.05) is 0 Å². The van der Waals surface area contributed by atoms with Gasteiger partial charge in [0.25, 0.3) is 0 Å². The van der Waals surface area contributed by atoms with E-state index in [1.807, 2.05) is 0 Å². The zero-order valence-electron chi connectivity index (χ0n) is 5.71. The van der Waals surface area contributed by atoms with E-state index in [4.69, 9.17) is 0 Å². The van der Waals surface area contributed by atoms with Crippen molar-refractivity contribution in [2.24, 2.45) is 0 Å². The first-order chi connectivity index (χ1) is 2.94. The van der Waals surface area contributed by atoms with Crippen molar-refractivity contribution >= 4 is 18.4 Å². The van der Waals surface area contributed by atoms with Crippen molar-refractivity contribution in [3.63, 3.8) is 0 Å². The predicted molar refractivity (Wildman–Crippen MR) is 38.2 cm³/mol. The molecule has 0 atom stereocenters. The summed E-state index contributed by atoms with van der Waals surface area (Å²) in [6.45, 7) is 6.07. The molecule has 0 spiro atoms. The molecule has 0 fully saturated rings. The number of rotatable bonds is 1. The summed E-state index contributed by atoms with van der Waals surface area (Å²) in [5.41, 5.74) is 0. The Morgan fingerprint density at radius 2 is 1.43 bits per heavy atom. The zero-order valence-corrected chi connectivity index (χ0v) is 8.56. The molecule has 0 aliphatic rings. The average molecular weight is 205 g/mol. The summed E-state index contributed by atoms with van der Waals surface area (Å²) in [5.74, 6) is 0. The van der Waals surface area contributed by atoms with Crippen molar-refractivity contribution in [3.05, 3.63) is 10.2 Å². The third kappa shape index (κ3) is 3.15. The SMILES string of the molecule is C=[C](C)[Sn]([CH3])([CH3])[CH3]. The maximum atomic E-state index is 3.92. The van der Waals surface area contributed by atoms with Crippen LogP contribution >= 0.6 is 0 Å². The Balaban J connectivity index is 3.79. The maximum absolute atomic E-state index is 3.92. The van der Waals surface area contributed by atoms with Crippen molar-refractivity contribution < 1.29 is 0 Å². The predicted octanol–water partition coefficient (Wildman–Crippen LogP) is 2.44. The van der Waals surface area contributed by atoms with Crippen molar-refractivity contribution in [3.8, 4) is 0 Å². The van der Waals surface area contributed by atoms with Crippen LogP contribution in [-0.4, -0.2) is 18.4 Å². The molecule has 0 amide bonds. The Hall–Kier alpha value is 0.539. The van der Waals surface area contributed by atoms with Gasteiger partial charge in [-0.2, -0.15) is 0 Å². The Labute approximate surface area is 50.5 Å². The monoisotopic (exact) mass is 206 g/mol. The van der Waals surface area contributed by atoms with Crippen LogP contribution in [0, 0.1) is 0 Å². The van der Waals surface area contributed by atoms with Crippen LogP contribution in [0.25, 0.3) is 0 Å². The van der Waals surface area contributed by atoms with E-state index in [1.165, 1.54) is 3.59 Å². The van der Waals surface area contributed by atoms with E-state index < -0.39 is 18.4 Å². The van der Waals surface area contributed by atoms with E-state index in [9.17, 15) is 0 Å². The second kappa shape index (κ2) is 2.20. The molecular weight excluding hydrogens is 191 g/mol. The molecule has 0 aromatic rings. The summed E-state index contributed by atoms with van der Waals surface area (Å²) in [7, 11) is 0. The second-order valence-electron chi connectivity index (χ2n) is 3.03. The molecule has 7 heavy (non-hydrogen) atoms. The first kappa shape index (κ1) is 7.54. The minimum absolute atomic E-state index is 1.45. The van der Waals surface area contributed by atoms with Gasteiger partial charge in [0.15, 0.2) is 0 Å². The van der Waals surface area contributed by atoms with Crippen molar-refractivity contribution in [2.75, 3.05) is 0 Å². The average Bonchev–Trinajstić information content (AvgIpc) is 1.31. The number of hydrogen-bond acceptors (Lipinski definition) is 0. The van der Waals surface area contributed by atoms with Gasteiger partial charge in [-0.25, -0.2) is 0 Å². The standard InChI is InChI=1S/C3H5.3CH3.Sn/c1-3-2;;;;/h1H2,2H3;3*1H3;. The van der Waals surface area contributed by atoms with Crippen LogP contribution in [0.3, 0.4) is 0 Å². The molecule has 1 heteroatoms. The third-order valence-corrected chi connectivity index (χ3v) is 8.59. The van der Waals surface area contributed by atoms with Crippen LogP contribution < -0.4 is 0 Å². The van der Waals surface area contributed by atoms with Gasteiger partial charge >= 0.3 is 50.3 Å². The van der Waals surface area contributed by atoms with E-state index in [-0.39, 0.29) is 0 Å². The molecule has 42 valence electrons. The van der Waals surface area contributed by atoms with Crippen LogP contribution in [0.4, 0.5) is 0 Å². The van der Waals surface area contributed by atoms with Gasteiger partial charge in [0.1, 0.15) is 0 Å². The summed E-state index contributed by atoms with van der Waals surface area (Å²) >= 11 is -1.56. The molecule has 0 aromatic heterocycles. The van der Waals surface area contributed by atoms with E-state index in [0.717, 1.165) is 0 Å². The van der Waals surface area contributed by atoms with E-state index in [1.54, 1.807) is 0 Å². The van der Waals surface area contributed by atoms with Gasteiger partial charge in [-0.15, -0.1) is 0 Å². The molecule has 0 saturated heterocycles. The van der Waals surface area contributed by atoms with Gasteiger partial charge in [-0.05, 0) is 0 Å². The molecule has 0 nitrogen and oxygen atoms in total.